The number of thioether (sulfide) groups is 1. The average molecular weight is 291 g/mol. The lowest BCUT2D eigenvalue weighted by Crippen LogP contribution is -2.16. The van der Waals surface area contributed by atoms with Crippen molar-refractivity contribution in [3.8, 4) is 0 Å². The number of aryl methyl sites for hydroxylation is 2. The Bertz CT molecular complexity index is 596. The van der Waals surface area contributed by atoms with Crippen LogP contribution in [-0.2, 0) is 4.79 Å². The first-order chi connectivity index (χ1) is 9.52. The van der Waals surface area contributed by atoms with Gasteiger partial charge in [-0.05, 0) is 44.2 Å². The molecule has 1 heterocycles. The Morgan fingerprint density at radius 1 is 1.20 bits per heavy atom. The van der Waals surface area contributed by atoms with Crippen LogP contribution in [0, 0.1) is 19.7 Å². The third-order valence-corrected chi connectivity index (χ3v) is 3.43. The molecular formula is C14H14FN3OS. The molecule has 0 aliphatic carbocycles. The van der Waals surface area contributed by atoms with E-state index in [0.29, 0.717) is 5.95 Å². The molecule has 0 aliphatic heterocycles. The maximum Gasteiger partial charge on any atom is 0.237 e. The number of anilines is 1. The highest BCUT2D eigenvalue weighted by Gasteiger charge is 2.06. The molecule has 1 aromatic carbocycles. The lowest BCUT2D eigenvalue weighted by molar-refractivity contribution is -0.113. The Balaban J connectivity index is 1.90. The van der Waals surface area contributed by atoms with Gasteiger partial charge in [0.2, 0.25) is 11.9 Å². The maximum absolute atomic E-state index is 12.7. The second-order valence-electron chi connectivity index (χ2n) is 4.27. The quantitative estimate of drug-likeness (QED) is 0.880. The molecule has 2 aromatic rings. The molecule has 0 bridgehead atoms. The smallest absolute Gasteiger partial charge is 0.237 e. The van der Waals surface area contributed by atoms with Gasteiger partial charge in [-0.3, -0.25) is 10.1 Å². The van der Waals surface area contributed by atoms with Crippen molar-refractivity contribution >= 4 is 23.6 Å². The molecule has 0 radical (unpaired) electrons. The Morgan fingerprint density at radius 2 is 1.80 bits per heavy atom. The third kappa shape index (κ3) is 4.31. The molecule has 104 valence electrons. The van der Waals surface area contributed by atoms with Crippen molar-refractivity contribution in [1.82, 2.24) is 9.97 Å². The Morgan fingerprint density at radius 3 is 2.40 bits per heavy atom. The highest BCUT2D eigenvalue weighted by atomic mass is 32.2. The highest BCUT2D eigenvalue weighted by Crippen LogP contribution is 2.18. The van der Waals surface area contributed by atoms with Gasteiger partial charge in [0, 0.05) is 16.3 Å². The number of nitrogens with zero attached hydrogens (tertiary/aromatic N) is 2. The minimum absolute atomic E-state index is 0.190. The fourth-order valence-electron chi connectivity index (χ4n) is 1.62. The molecule has 0 saturated heterocycles. The number of aromatic nitrogens is 2. The lowest BCUT2D eigenvalue weighted by Gasteiger charge is -2.05. The Labute approximate surface area is 120 Å². The van der Waals surface area contributed by atoms with Crippen molar-refractivity contribution in [3.63, 3.8) is 0 Å². The SMILES string of the molecule is Cc1cc(C)nc(NC(=O)CSc2ccc(F)cc2)n1. The van der Waals surface area contributed by atoms with E-state index in [-0.39, 0.29) is 17.5 Å². The van der Waals surface area contributed by atoms with E-state index in [1.807, 2.05) is 19.9 Å². The van der Waals surface area contributed by atoms with Gasteiger partial charge in [-0.1, -0.05) is 0 Å². The first-order valence-electron chi connectivity index (χ1n) is 6.03. The van der Waals surface area contributed by atoms with Crippen molar-refractivity contribution in [2.45, 2.75) is 18.7 Å². The molecule has 1 aromatic heterocycles. The fourth-order valence-corrected chi connectivity index (χ4v) is 2.32. The lowest BCUT2D eigenvalue weighted by atomic mass is 10.4. The van der Waals surface area contributed by atoms with E-state index in [1.54, 1.807) is 12.1 Å². The van der Waals surface area contributed by atoms with E-state index in [4.69, 9.17) is 0 Å². The van der Waals surface area contributed by atoms with Crippen LogP contribution in [-0.4, -0.2) is 21.6 Å². The summed E-state index contributed by atoms with van der Waals surface area (Å²) in [6, 6.07) is 7.85. The molecule has 0 aliphatic rings. The average Bonchev–Trinajstić information content (AvgIpc) is 2.37. The van der Waals surface area contributed by atoms with Crippen LogP contribution in [0.4, 0.5) is 10.3 Å². The second-order valence-corrected chi connectivity index (χ2v) is 5.31. The molecule has 0 spiro atoms. The summed E-state index contributed by atoms with van der Waals surface area (Å²) in [4.78, 5) is 20.9. The van der Waals surface area contributed by atoms with E-state index in [2.05, 4.69) is 15.3 Å². The minimum Gasteiger partial charge on any atom is -0.294 e. The molecule has 0 fully saturated rings. The van der Waals surface area contributed by atoms with E-state index in [1.165, 1.54) is 23.9 Å². The second kappa shape index (κ2) is 6.47. The van der Waals surface area contributed by atoms with Crippen molar-refractivity contribution in [2.24, 2.45) is 0 Å². The van der Waals surface area contributed by atoms with Gasteiger partial charge in [0.05, 0.1) is 5.75 Å². The van der Waals surface area contributed by atoms with Gasteiger partial charge in [0.15, 0.2) is 0 Å². The third-order valence-electron chi connectivity index (χ3n) is 2.42. The Kier molecular flexibility index (Phi) is 4.68. The summed E-state index contributed by atoms with van der Waals surface area (Å²) >= 11 is 1.33. The van der Waals surface area contributed by atoms with Crippen LogP contribution >= 0.6 is 11.8 Å². The van der Waals surface area contributed by atoms with Crippen molar-refractivity contribution in [2.75, 3.05) is 11.1 Å². The number of carbonyl (C=O) groups excluding carboxylic acids is 1. The number of hydrogen-bond acceptors (Lipinski definition) is 4. The van der Waals surface area contributed by atoms with Crippen molar-refractivity contribution < 1.29 is 9.18 Å². The molecule has 0 atom stereocenters. The van der Waals surface area contributed by atoms with Crippen molar-refractivity contribution in [1.29, 1.82) is 0 Å². The highest BCUT2D eigenvalue weighted by molar-refractivity contribution is 8.00. The van der Waals surface area contributed by atoms with Crippen LogP contribution in [0.1, 0.15) is 11.4 Å². The van der Waals surface area contributed by atoms with Gasteiger partial charge >= 0.3 is 0 Å². The zero-order valence-electron chi connectivity index (χ0n) is 11.2. The molecule has 1 amide bonds. The molecule has 0 unspecified atom stereocenters. The number of halogens is 1. The molecule has 1 N–H and O–H groups in total. The number of benzene rings is 1. The number of rotatable bonds is 4. The van der Waals surface area contributed by atoms with E-state index in [9.17, 15) is 9.18 Å². The van der Waals surface area contributed by atoms with Gasteiger partial charge < -0.3 is 0 Å². The van der Waals surface area contributed by atoms with E-state index >= 15 is 0 Å². The van der Waals surface area contributed by atoms with E-state index in [0.717, 1.165) is 16.3 Å². The first kappa shape index (κ1) is 14.5. The normalized spacial score (nSPS) is 10.3. The zero-order valence-corrected chi connectivity index (χ0v) is 12.0. The van der Waals surface area contributed by atoms with Gasteiger partial charge in [-0.2, -0.15) is 0 Å². The number of nitrogens with one attached hydrogen (secondary N) is 1. The van der Waals surface area contributed by atoms with Crippen LogP contribution < -0.4 is 5.32 Å². The largest absolute Gasteiger partial charge is 0.294 e. The summed E-state index contributed by atoms with van der Waals surface area (Å²) < 4.78 is 12.7. The predicted molar refractivity (Wildman–Crippen MR) is 77.3 cm³/mol. The fraction of sp³-hybridized carbons (Fsp3) is 0.214. The summed E-state index contributed by atoms with van der Waals surface area (Å²) in [5, 5.41) is 2.65. The predicted octanol–water partition coefficient (Wildman–Crippen LogP) is 2.96. The number of amides is 1. The van der Waals surface area contributed by atoms with Gasteiger partial charge in [0.25, 0.3) is 0 Å². The molecule has 2 rings (SSSR count). The number of hydrogen-bond donors (Lipinski definition) is 1. The maximum atomic E-state index is 12.7. The summed E-state index contributed by atoms with van der Waals surface area (Å²) in [6.07, 6.45) is 0. The topological polar surface area (TPSA) is 54.9 Å². The van der Waals surface area contributed by atoms with E-state index < -0.39 is 0 Å². The van der Waals surface area contributed by atoms with Crippen molar-refractivity contribution in [3.05, 3.63) is 47.5 Å². The minimum atomic E-state index is -0.289. The molecule has 0 saturated carbocycles. The van der Waals surface area contributed by atoms with Crippen LogP contribution in [0.2, 0.25) is 0 Å². The summed E-state index contributed by atoms with van der Waals surface area (Å²) in [5.74, 6) is 0.0566. The monoisotopic (exact) mass is 291 g/mol. The van der Waals surface area contributed by atoms with Gasteiger partial charge in [-0.15, -0.1) is 11.8 Å². The summed E-state index contributed by atoms with van der Waals surface area (Å²) in [7, 11) is 0. The Hall–Kier alpha value is -1.95. The van der Waals surface area contributed by atoms with Gasteiger partial charge in [0.1, 0.15) is 5.82 Å². The van der Waals surface area contributed by atoms with Crippen LogP contribution in [0.5, 0.6) is 0 Å². The van der Waals surface area contributed by atoms with Crippen LogP contribution in [0.25, 0.3) is 0 Å². The molecular weight excluding hydrogens is 277 g/mol. The standard InChI is InChI=1S/C14H14FN3OS/c1-9-7-10(2)17-14(16-9)18-13(19)8-20-12-5-3-11(15)4-6-12/h3-7H,8H2,1-2H3,(H,16,17,18,19). The van der Waals surface area contributed by atoms with Crippen LogP contribution in [0.3, 0.4) is 0 Å². The molecule has 4 nitrogen and oxygen atoms in total. The summed E-state index contributed by atoms with van der Waals surface area (Å²) in [6.45, 7) is 3.69. The first-order valence-corrected chi connectivity index (χ1v) is 7.02. The molecule has 20 heavy (non-hydrogen) atoms. The number of carbonyl (C=O) groups is 1. The van der Waals surface area contributed by atoms with Crippen LogP contribution in [0.15, 0.2) is 35.2 Å². The summed E-state index contributed by atoms with van der Waals surface area (Å²) in [5.41, 5.74) is 1.61. The zero-order chi connectivity index (χ0) is 14.5. The molecule has 6 heteroatoms. The van der Waals surface area contributed by atoms with Gasteiger partial charge in [-0.25, -0.2) is 14.4 Å².